The van der Waals surface area contributed by atoms with Gasteiger partial charge in [0.05, 0.1) is 46.2 Å². The fraction of sp³-hybridized carbons (Fsp3) is 1.00. The Morgan fingerprint density at radius 3 is 1.37 bits per heavy atom. The molecule has 0 saturated carbocycles. The van der Waals surface area contributed by atoms with Crippen LogP contribution in [0.1, 0.15) is 72.1 Å². The van der Waals surface area contributed by atoms with Crippen LogP contribution >= 0.6 is 0 Å². The number of ether oxygens (including phenoxy) is 3. The smallest absolute Gasteiger partial charge is 0.394 e. The van der Waals surface area contributed by atoms with E-state index in [1.165, 1.54) is 32.1 Å². The maximum absolute atomic E-state index is 10.2. The summed E-state index contributed by atoms with van der Waals surface area (Å²) in [6.45, 7) is 9.67. The van der Waals surface area contributed by atoms with Crippen molar-refractivity contribution in [3.05, 3.63) is 0 Å². The van der Waals surface area contributed by atoms with Crippen molar-refractivity contribution < 1.29 is 41.6 Å². The van der Waals surface area contributed by atoms with Crippen LogP contribution in [0.25, 0.3) is 0 Å². The Kier molecular flexibility index (Phi) is 35.3. The summed E-state index contributed by atoms with van der Waals surface area (Å²) in [5.41, 5.74) is 0. The third-order valence-corrected chi connectivity index (χ3v) is 3.95. The van der Waals surface area contributed by atoms with Crippen LogP contribution in [0.15, 0.2) is 0 Å². The number of unbranched alkanes of at least 4 members (excludes halogenated alkanes) is 7. The molecule has 0 fully saturated rings. The average molecular weight is 463 g/mol. The van der Waals surface area contributed by atoms with Crippen LogP contribution in [0.3, 0.4) is 0 Å². The average Bonchev–Trinajstić information content (AvgIpc) is 2.70. The molecular weight excluding hydrogens is 416 g/mol. The van der Waals surface area contributed by atoms with Crippen molar-refractivity contribution in [2.75, 3.05) is 59.5 Å². The third kappa shape index (κ3) is 46.1. The van der Waals surface area contributed by atoms with E-state index in [4.69, 9.17) is 29.0 Å². The molecule has 0 aliphatic heterocycles. The van der Waals surface area contributed by atoms with Gasteiger partial charge in [0.25, 0.3) is 0 Å². The zero-order valence-corrected chi connectivity index (χ0v) is 20.0. The number of hydrogen-bond donors (Lipinski definition) is 3. The highest BCUT2D eigenvalue weighted by Gasteiger charge is 2.02. The maximum Gasteiger partial charge on any atom is 0.397 e. The lowest BCUT2D eigenvalue weighted by Crippen LogP contribution is -2.09. The maximum atomic E-state index is 10.2. The summed E-state index contributed by atoms with van der Waals surface area (Å²) >= 11 is 0. The van der Waals surface area contributed by atoms with Gasteiger partial charge in [-0.25, -0.2) is 4.18 Å². The van der Waals surface area contributed by atoms with Gasteiger partial charge in [-0.2, -0.15) is 8.42 Å². The third-order valence-electron chi connectivity index (χ3n) is 3.48. The molecule has 0 aliphatic rings. The lowest BCUT2D eigenvalue weighted by molar-refractivity contribution is 0.0222. The van der Waals surface area contributed by atoms with Gasteiger partial charge in [-0.15, -0.1) is 0 Å². The predicted molar refractivity (Wildman–Crippen MR) is 118 cm³/mol. The predicted octanol–water partition coefficient (Wildman–Crippen LogP) is 2.99. The summed E-state index contributed by atoms with van der Waals surface area (Å²) in [7, 11) is -4.23. The molecule has 186 valence electrons. The highest BCUT2D eigenvalue weighted by molar-refractivity contribution is 7.80. The molecular formula is C20H46O9S. The molecule has 0 unspecified atom stereocenters. The molecule has 3 N–H and O–H groups in total. The molecule has 0 aromatic carbocycles. The molecule has 0 saturated heterocycles. The normalized spacial score (nSPS) is 10.7. The van der Waals surface area contributed by atoms with Crippen LogP contribution in [-0.4, -0.2) is 82.6 Å². The molecule has 0 bridgehead atoms. The second kappa shape index (κ2) is 30.9. The summed E-state index contributed by atoms with van der Waals surface area (Å²) in [5.74, 6) is 0. The lowest BCUT2D eigenvalue weighted by atomic mass is 10.1. The Morgan fingerprint density at radius 2 is 1.03 bits per heavy atom. The molecule has 10 heteroatoms. The fourth-order valence-corrected chi connectivity index (χ4v) is 2.38. The number of aliphatic hydroxyl groups excluding tert-OH is 2. The zero-order valence-electron chi connectivity index (χ0n) is 19.2. The fourth-order valence-electron chi connectivity index (χ4n) is 2.06. The van der Waals surface area contributed by atoms with E-state index in [2.05, 4.69) is 11.1 Å². The van der Waals surface area contributed by atoms with E-state index >= 15 is 0 Å². The van der Waals surface area contributed by atoms with E-state index in [0.717, 1.165) is 26.1 Å². The number of aliphatic hydroxyl groups is 2. The van der Waals surface area contributed by atoms with E-state index < -0.39 is 10.4 Å². The Morgan fingerprint density at radius 1 is 0.600 bits per heavy atom. The first kappa shape index (κ1) is 34.3. The van der Waals surface area contributed by atoms with Gasteiger partial charge in [0, 0.05) is 13.2 Å². The van der Waals surface area contributed by atoms with Gasteiger partial charge >= 0.3 is 10.4 Å². The van der Waals surface area contributed by atoms with Crippen molar-refractivity contribution >= 4 is 10.4 Å². The van der Waals surface area contributed by atoms with Gasteiger partial charge in [0.1, 0.15) is 0 Å². The molecule has 0 amide bonds. The van der Waals surface area contributed by atoms with Gasteiger partial charge in [0.2, 0.25) is 0 Å². The highest BCUT2D eigenvalue weighted by Crippen LogP contribution is 2.08. The molecule has 0 aromatic heterocycles. The van der Waals surface area contributed by atoms with E-state index in [-0.39, 0.29) is 19.8 Å². The molecule has 0 heterocycles. The standard InChI is InChI=1S/C10H22O4S.C6H14O4.C4H10O/c1-2-3-4-5-6-7-8-9-10-14-15(11,12)13;7-1-3-9-5-6-10-4-2-8;1-3-5-4-2/h2-10H2,1H3,(H,11,12,13);7-8H,1-6H2;3-4H2,1-2H3. The summed E-state index contributed by atoms with van der Waals surface area (Å²) in [6, 6.07) is 0. The van der Waals surface area contributed by atoms with Crippen molar-refractivity contribution in [3.8, 4) is 0 Å². The quantitative estimate of drug-likeness (QED) is 0.196. The Bertz CT molecular complexity index is 368. The van der Waals surface area contributed by atoms with Crippen molar-refractivity contribution in [1.29, 1.82) is 0 Å². The summed E-state index contributed by atoms with van der Waals surface area (Å²) in [4.78, 5) is 0. The van der Waals surface area contributed by atoms with Crippen molar-refractivity contribution in [3.63, 3.8) is 0 Å². The van der Waals surface area contributed by atoms with Crippen molar-refractivity contribution in [1.82, 2.24) is 0 Å². The minimum atomic E-state index is -4.23. The van der Waals surface area contributed by atoms with Gasteiger partial charge in [-0.1, -0.05) is 51.9 Å². The van der Waals surface area contributed by atoms with Crippen LogP contribution in [0.4, 0.5) is 0 Å². The molecule has 0 spiro atoms. The van der Waals surface area contributed by atoms with Crippen molar-refractivity contribution in [2.24, 2.45) is 0 Å². The lowest BCUT2D eigenvalue weighted by Gasteiger charge is -2.01. The SMILES string of the molecule is CCCCCCCCCCOS(=O)(=O)O.CCOCC.OCCOCCOCCO. The van der Waals surface area contributed by atoms with Crippen LogP contribution in [-0.2, 0) is 28.8 Å². The first-order valence-corrected chi connectivity index (χ1v) is 12.3. The van der Waals surface area contributed by atoms with Crippen LogP contribution < -0.4 is 0 Å². The Hall–Kier alpha value is -0.330. The van der Waals surface area contributed by atoms with Crippen molar-refractivity contribution in [2.45, 2.75) is 72.1 Å². The topological polar surface area (TPSA) is 132 Å². The highest BCUT2D eigenvalue weighted by atomic mass is 32.3. The molecule has 0 radical (unpaired) electrons. The summed E-state index contributed by atoms with van der Waals surface area (Å²) < 4.78 is 47.4. The Labute approximate surface area is 184 Å². The van der Waals surface area contributed by atoms with Gasteiger partial charge in [0.15, 0.2) is 0 Å². The molecule has 0 atom stereocenters. The molecule has 0 aliphatic carbocycles. The second-order valence-corrected chi connectivity index (χ2v) is 7.27. The van der Waals surface area contributed by atoms with Crippen LogP contribution in [0.2, 0.25) is 0 Å². The molecule has 0 aromatic rings. The molecule has 0 rings (SSSR count). The molecule has 30 heavy (non-hydrogen) atoms. The monoisotopic (exact) mass is 462 g/mol. The van der Waals surface area contributed by atoms with E-state index in [0.29, 0.717) is 32.8 Å². The first-order chi connectivity index (χ1) is 14.4. The first-order valence-electron chi connectivity index (χ1n) is 11.0. The van der Waals surface area contributed by atoms with E-state index in [1.54, 1.807) is 0 Å². The van der Waals surface area contributed by atoms with Gasteiger partial charge in [-0.05, 0) is 20.3 Å². The number of hydrogen-bond acceptors (Lipinski definition) is 8. The van der Waals surface area contributed by atoms with E-state index in [9.17, 15) is 8.42 Å². The van der Waals surface area contributed by atoms with Gasteiger partial charge < -0.3 is 24.4 Å². The second-order valence-electron chi connectivity index (χ2n) is 6.18. The minimum absolute atomic E-state index is 0.0417. The Balaban J connectivity index is -0.000000417. The van der Waals surface area contributed by atoms with Crippen LogP contribution in [0, 0.1) is 0 Å². The summed E-state index contributed by atoms with van der Waals surface area (Å²) in [6.07, 6.45) is 9.05. The van der Waals surface area contributed by atoms with Gasteiger partial charge in [-0.3, -0.25) is 4.55 Å². The van der Waals surface area contributed by atoms with Crippen LogP contribution in [0.5, 0.6) is 0 Å². The minimum Gasteiger partial charge on any atom is -0.394 e. The summed E-state index contributed by atoms with van der Waals surface area (Å²) in [5, 5.41) is 16.5. The number of rotatable bonds is 19. The zero-order chi connectivity index (χ0) is 23.3. The largest absolute Gasteiger partial charge is 0.397 e. The molecule has 9 nitrogen and oxygen atoms in total. The van der Waals surface area contributed by atoms with E-state index in [1.807, 2.05) is 13.8 Å².